The van der Waals surface area contributed by atoms with Crippen molar-refractivity contribution in [3.8, 4) is 11.1 Å². The van der Waals surface area contributed by atoms with Crippen LogP contribution in [-0.2, 0) is 11.8 Å². The van der Waals surface area contributed by atoms with Gasteiger partial charge < -0.3 is 24.5 Å². The highest BCUT2D eigenvalue weighted by molar-refractivity contribution is 6.08. The first-order valence-corrected chi connectivity index (χ1v) is 11.0. The number of nitrogens with zero attached hydrogens (tertiary/aromatic N) is 4. The molecule has 1 aromatic carbocycles. The molecule has 0 bridgehead atoms. The fraction of sp³-hybridized carbons (Fsp3) is 0.375. The quantitative estimate of drug-likeness (QED) is 0.486. The Morgan fingerprint density at radius 3 is 2.73 bits per heavy atom. The maximum atomic E-state index is 12.9. The lowest BCUT2D eigenvalue weighted by atomic mass is 10.0. The number of likely N-dealkylation sites (tertiary alicyclic amines) is 1. The lowest BCUT2D eigenvalue weighted by molar-refractivity contribution is 0.0289. The molecule has 4 heterocycles. The third-order valence-electron chi connectivity index (χ3n) is 6.18. The van der Waals surface area contributed by atoms with Crippen molar-refractivity contribution in [3.63, 3.8) is 0 Å². The summed E-state index contributed by atoms with van der Waals surface area (Å²) in [6, 6.07) is 8.04. The van der Waals surface area contributed by atoms with E-state index in [0.717, 1.165) is 22.0 Å². The second-order valence-electron chi connectivity index (χ2n) is 9.65. The number of carbonyl (C=O) groups excluding carboxylic acids is 1. The Morgan fingerprint density at radius 2 is 1.97 bits per heavy atom. The second kappa shape index (κ2) is 7.40. The predicted molar refractivity (Wildman–Crippen MR) is 128 cm³/mol. The molecule has 172 valence electrons. The molecule has 33 heavy (non-hydrogen) atoms. The maximum absolute atomic E-state index is 12.9. The van der Waals surface area contributed by atoms with Gasteiger partial charge in [0.15, 0.2) is 5.82 Å². The second-order valence-corrected chi connectivity index (χ2v) is 9.65. The number of aryl methyl sites for hydroxylation is 1. The Hall–Kier alpha value is -3.75. The van der Waals surface area contributed by atoms with E-state index >= 15 is 0 Å². The van der Waals surface area contributed by atoms with Crippen LogP contribution < -0.4 is 11.3 Å². The number of aromatic amines is 1. The number of nitrogen functional groups attached to an aromatic ring is 1. The molecule has 9 nitrogen and oxygen atoms in total. The molecule has 1 saturated heterocycles. The van der Waals surface area contributed by atoms with E-state index in [0.29, 0.717) is 30.4 Å². The predicted octanol–water partition coefficient (Wildman–Crippen LogP) is 3.65. The van der Waals surface area contributed by atoms with Gasteiger partial charge in [-0.2, -0.15) is 5.10 Å². The van der Waals surface area contributed by atoms with Gasteiger partial charge in [-0.05, 0) is 33.3 Å². The summed E-state index contributed by atoms with van der Waals surface area (Å²) in [4.78, 5) is 27.2. The molecule has 0 radical (unpaired) electrons. The third kappa shape index (κ3) is 3.53. The van der Waals surface area contributed by atoms with Gasteiger partial charge in [0.25, 0.3) is 5.56 Å². The number of carbonyl (C=O) groups is 1. The van der Waals surface area contributed by atoms with E-state index in [1.165, 1.54) is 0 Å². The number of ether oxygens (including phenoxy) is 1. The molecule has 1 aliphatic rings. The van der Waals surface area contributed by atoms with E-state index in [2.05, 4.69) is 26.9 Å². The number of benzene rings is 1. The van der Waals surface area contributed by atoms with Crippen LogP contribution in [0.15, 0.2) is 41.5 Å². The summed E-state index contributed by atoms with van der Waals surface area (Å²) in [5.41, 5.74) is 8.82. The van der Waals surface area contributed by atoms with Crippen LogP contribution >= 0.6 is 0 Å². The average Bonchev–Trinajstić information content (AvgIpc) is 3.46. The minimum Gasteiger partial charge on any atom is -0.444 e. The summed E-state index contributed by atoms with van der Waals surface area (Å²) < 4.78 is 9.55. The number of H-pyrrole nitrogens is 1. The highest BCUT2D eigenvalue weighted by atomic mass is 16.6. The zero-order valence-electron chi connectivity index (χ0n) is 19.3. The van der Waals surface area contributed by atoms with Crippen molar-refractivity contribution in [3.05, 3.63) is 47.0 Å². The van der Waals surface area contributed by atoms with E-state index in [9.17, 15) is 9.59 Å². The zero-order chi connectivity index (χ0) is 23.5. The minimum atomic E-state index is -0.561. The van der Waals surface area contributed by atoms with E-state index in [1.807, 2.05) is 56.9 Å². The van der Waals surface area contributed by atoms with Crippen LogP contribution in [0.5, 0.6) is 0 Å². The highest BCUT2D eigenvalue weighted by Crippen LogP contribution is 2.39. The minimum absolute atomic E-state index is 0.0772. The Kier molecular flexibility index (Phi) is 4.73. The maximum Gasteiger partial charge on any atom is 0.410 e. The van der Waals surface area contributed by atoms with Gasteiger partial charge in [-0.3, -0.25) is 4.79 Å². The van der Waals surface area contributed by atoms with Crippen LogP contribution in [0.4, 0.5) is 10.6 Å². The number of hydrogen-bond acceptors (Lipinski definition) is 5. The van der Waals surface area contributed by atoms with Crippen molar-refractivity contribution in [1.29, 1.82) is 0 Å². The van der Waals surface area contributed by atoms with Gasteiger partial charge in [0.2, 0.25) is 0 Å². The van der Waals surface area contributed by atoms with Gasteiger partial charge in [0, 0.05) is 54.6 Å². The SMILES string of the molecule is Cn1cc(-c2cn([C@H]3CCN(C(=O)OC(C)(C)C)C3)c3c(=O)[nH]nc(N)c23)c2ccccc21. The molecule has 1 amide bonds. The normalized spacial score (nSPS) is 16.7. The number of amides is 1. The smallest absolute Gasteiger partial charge is 0.410 e. The molecule has 0 unspecified atom stereocenters. The number of fused-ring (bicyclic) bond motifs is 2. The van der Waals surface area contributed by atoms with Crippen molar-refractivity contribution in [2.24, 2.45) is 7.05 Å². The van der Waals surface area contributed by atoms with Gasteiger partial charge in [-0.1, -0.05) is 18.2 Å². The van der Waals surface area contributed by atoms with Crippen molar-refractivity contribution >= 4 is 33.7 Å². The summed E-state index contributed by atoms with van der Waals surface area (Å²) in [5.74, 6) is 0.272. The van der Waals surface area contributed by atoms with Crippen LogP contribution in [0.25, 0.3) is 32.9 Å². The number of nitrogens with two attached hydrogens (primary N) is 1. The molecule has 4 aromatic rings. The Labute approximate surface area is 190 Å². The van der Waals surface area contributed by atoms with Crippen molar-refractivity contribution in [2.45, 2.75) is 38.8 Å². The van der Waals surface area contributed by atoms with Crippen LogP contribution in [0.3, 0.4) is 0 Å². The molecule has 1 atom stereocenters. The van der Waals surface area contributed by atoms with Gasteiger partial charge in [0.05, 0.1) is 11.4 Å². The number of rotatable bonds is 2. The number of hydrogen-bond donors (Lipinski definition) is 2. The largest absolute Gasteiger partial charge is 0.444 e. The summed E-state index contributed by atoms with van der Waals surface area (Å²) in [5, 5.41) is 8.26. The number of nitrogens with one attached hydrogen (secondary N) is 1. The highest BCUT2D eigenvalue weighted by Gasteiger charge is 2.32. The molecule has 1 fully saturated rings. The Morgan fingerprint density at radius 1 is 1.21 bits per heavy atom. The lowest BCUT2D eigenvalue weighted by Gasteiger charge is -2.24. The summed E-state index contributed by atoms with van der Waals surface area (Å²) >= 11 is 0. The number of anilines is 1. The van der Waals surface area contributed by atoms with Crippen molar-refractivity contribution in [1.82, 2.24) is 24.2 Å². The summed E-state index contributed by atoms with van der Waals surface area (Å²) in [6.45, 7) is 6.56. The van der Waals surface area contributed by atoms with Crippen LogP contribution in [-0.4, -0.2) is 49.0 Å². The fourth-order valence-corrected chi connectivity index (χ4v) is 4.74. The third-order valence-corrected chi connectivity index (χ3v) is 6.18. The molecule has 0 saturated carbocycles. The monoisotopic (exact) mass is 448 g/mol. The average molecular weight is 449 g/mol. The van der Waals surface area contributed by atoms with Crippen molar-refractivity contribution < 1.29 is 9.53 Å². The topological polar surface area (TPSA) is 111 Å². The first-order chi connectivity index (χ1) is 15.6. The molecule has 0 spiro atoms. The van der Waals surface area contributed by atoms with Gasteiger partial charge in [0.1, 0.15) is 11.1 Å². The molecular weight excluding hydrogens is 420 g/mol. The first kappa shape index (κ1) is 21.1. The van der Waals surface area contributed by atoms with Gasteiger partial charge >= 0.3 is 6.09 Å². The molecule has 1 aliphatic heterocycles. The van der Waals surface area contributed by atoms with Gasteiger partial charge in [-0.15, -0.1) is 0 Å². The van der Waals surface area contributed by atoms with E-state index < -0.39 is 5.60 Å². The van der Waals surface area contributed by atoms with Crippen LogP contribution in [0.1, 0.15) is 33.2 Å². The lowest BCUT2D eigenvalue weighted by Crippen LogP contribution is -2.35. The first-order valence-electron chi connectivity index (χ1n) is 11.0. The molecular formula is C24H28N6O3. The Balaban J connectivity index is 1.63. The summed E-state index contributed by atoms with van der Waals surface area (Å²) in [7, 11) is 2.00. The molecule has 9 heteroatoms. The number of para-hydroxylation sites is 1. The Bertz CT molecular complexity index is 1440. The van der Waals surface area contributed by atoms with Gasteiger partial charge in [-0.25, -0.2) is 9.89 Å². The molecule has 5 rings (SSSR count). The zero-order valence-corrected chi connectivity index (χ0v) is 19.3. The van der Waals surface area contributed by atoms with E-state index in [1.54, 1.807) is 4.90 Å². The fourth-order valence-electron chi connectivity index (χ4n) is 4.74. The van der Waals surface area contributed by atoms with E-state index in [4.69, 9.17) is 10.5 Å². The molecule has 0 aliphatic carbocycles. The van der Waals surface area contributed by atoms with Crippen LogP contribution in [0.2, 0.25) is 0 Å². The van der Waals surface area contributed by atoms with Crippen molar-refractivity contribution in [2.75, 3.05) is 18.8 Å². The standard InChI is InChI=1S/C24H28N6O3/c1-24(2,3)33-23(32)29-10-9-14(11-29)30-13-17(19-20(30)22(31)27-26-21(19)25)16-12-28(4)18-8-6-5-7-15(16)18/h5-8,12-14H,9-11H2,1-4H3,(H2,25,26)(H,27,31)/t14-/m0/s1. The molecule has 3 aromatic heterocycles. The van der Waals surface area contributed by atoms with E-state index in [-0.39, 0.29) is 23.5 Å². The summed E-state index contributed by atoms with van der Waals surface area (Å²) in [6.07, 6.45) is 4.39. The number of aromatic nitrogens is 4. The van der Waals surface area contributed by atoms with Crippen LogP contribution in [0, 0.1) is 0 Å². The molecule has 3 N–H and O–H groups in total.